The summed E-state index contributed by atoms with van der Waals surface area (Å²) in [6.45, 7) is 1.96. The van der Waals surface area contributed by atoms with Gasteiger partial charge < -0.3 is 10.2 Å². The largest absolute Gasteiger partial charge is 0.507 e. The molecule has 4 N–H and O–H groups in total. The Morgan fingerprint density at radius 1 is 1.24 bits per heavy atom. The SMILES string of the molecule is Cc1cnc(NNc2cc(Br)c(O)cc2O)s1. The first-order valence-corrected chi connectivity index (χ1v) is 6.33. The Morgan fingerprint density at radius 3 is 2.65 bits per heavy atom. The quantitative estimate of drug-likeness (QED) is 0.398. The van der Waals surface area contributed by atoms with Gasteiger partial charge in [0.2, 0.25) is 5.13 Å². The van der Waals surface area contributed by atoms with E-state index in [9.17, 15) is 10.2 Å². The number of phenolic OH excluding ortho intramolecular Hbond substituents is 2. The minimum atomic E-state index is -0.0496. The highest BCUT2D eigenvalue weighted by Gasteiger charge is 2.07. The number of aromatic hydroxyl groups is 2. The number of nitrogens with one attached hydrogen (secondary N) is 2. The molecule has 1 aromatic carbocycles. The lowest BCUT2D eigenvalue weighted by molar-refractivity contribution is 0.450. The highest BCUT2D eigenvalue weighted by molar-refractivity contribution is 9.10. The number of benzene rings is 1. The van der Waals surface area contributed by atoms with Crippen LogP contribution in [0.2, 0.25) is 0 Å². The van der Waals surface area contributed by atoms with Crippen LogP contribution in [0.25, 0.3) is 0 Å². The van der Waals surface area contributed by atoms with Crippen molar-refractivity contribution >= 4 is 38.1 Å². The van der Waals surface area contributed by atoms with Gasteiger partial charge in [-0.25, -0.2) is 4.98 Å². The fourth-order valence-electron chi connectivity index (χ4n) is 1.18. The molecule has 1 heterocycles. The molecule has 0 atom stereocenters. The zero-order chi connectivity index (χ0) is 12.4. The summed E-state index contributed by atoms with van der Waals surface area (Å²) in [4.78, 5) is 5.19. The van der Waals surface area contributed by atoms with Crippen molar-refractivity contribution in [3.63, 3.8) is 0 Å². The highest BCUT2D eigenvalue weighted by Crippen LogP contribution is 2.34. The molecule has 7 heteroatoms. The van der Waals surface area contributed by atoms with Gasteiger partial charge >= 0.3 is 0 Å². The first-order valence-electron chi connectivity index (χ1n) is 4.72. The summed E-state index contributed by atoms with van der Waals surface area (Å²) < 4.78 is 0.495. The molecule has 2 rings (SSSR count). The third-order valence-electron chi connectivity index (χ3n) is 1.99. The number of rotatable bonds is 3. The molecule has 0 radical (unpaired) electrons. The van der Waals surface area contributed by atoms with Gasteiger partial charge in [-0.1, -0.05) is 0 Å². The minimum Gasteiger partial charge on any atom is -0.507 e. The number of phenols is 2. The van der Waals surface area contributed by atoms with Gasteiger partial charge in [-0.15, -0.1) is 11.3 Å². The van der Waals surface area contributed by atoms with E-state index in [0.29, 0.717) is 15.3 Å². The molecule has 0 unspecified atom stereocenters. The third kappa shape index (κ3) is 2.80. The van der Waals surface area contributed by atoms with Gasteiger partial charge in [0.15, 0.2) is 0 Å². The van der Waals surface area contributed by atoms with E-state index in [0.717, 1.165) is 4.88 Å². The smallest absolute Gasteiger partial charge is 0.201 e. The Balaban J connectivity index is 2.11. The van der Waals surface area contributed by atoms with Crippen molar-refractivity contribution in [2.45, 2.75) is 6.92 Å². The summed E-state index contributed by atoms with van der Waals surface area (Å²) in [5.74, 6) is -0.0652. The predicted molar refractivity (Wildman–Crippen MR) is 71.6 cm³/mol. The van der Waals surface area contributed by atoms with Crippen LogP contribution in [0.1, 0.15) is 4.88 Å². The Labute approximate surface area is 110 Å². The van der Waals surface area contributed by atoms with Crippen LogP contribution in [0.3, 0.4) is 0 Å². The van der Waals surface area contributed by atoms with E-state index >= 15 is 0 Å². The summed E-state index contributed by atoms with van der Waals surface area (Å²) in [5.41, 5.74) is 6.13. The number of aryl methyl sites for hydroxylation is 1. The van der Waals surface area contributed by atoms with Gasteiger partial charge in [-0.3, -0.25) is 10.9 Å². The normalized spacial score (nSPS) is 10.2. The minimum absolute atomic E-state index is 0.0156. The molecule has 0 fully saturated rings. The van der Waals surface area contributed by atoms with Crippen LogP contribution in [0.5, 0.6) is 11.5 Å². The van der Waals surface area contributed by atoms with E-state index in [1.807, 2.05) is 6.92 Å². The number of thiazole rings is 1. The average Bonchev–Trinajstić information content (AvgIpc) is 2.68. The summed E-state index contributed by atoms with van der Waals surface area (Å²) in [6, 6.07) is 2.82. The maximum atomic E-state index is 9.60. The second-order valence-electron chi connectivity index (χ2n) is 3.35. The monoisotopic (exact) mass is 315 g/mol. The van der Waals surface area contributed by atoms with Crippen LogP contribution in [-0.4, -0.2) is 15.2 Å². The number of aromatic nitrogens is 1. The fourth-order valence-corrected chi connectivity index (χ4v) is 2.15. The summed E-state index contributed by atoms with van der Waals surface area (Å²) in [7, 11) is 0. The van der Waals surface area contributed by atoms with Crippen molar-refractivity contribution in [2.75, 3.05) is 10.9 Å². The van der Waals surface area contributed by atoms with Crippen LogP contribution in [0.15, 0.2) is 22.8 Å². The van der Waals surface area contributed by atoms with Gasteiger partial charge in [0.25, 0.3) is 0 Å². The van der Waals surface area contributed by atoms with Crippen molar-refractivity contribution in [1.29, 1.82) is 0 Å². The molecule has 0 spiro atoms. The molecule has 0 aliphatic rings. The lowest BCUT2D eigenvalue weighted by atomic mass is 10.3. The molecule has 0 aliphatic heterocycles. The second-order valence-corrected chi connectivity index (χ2v) is 5.44. The molecule has 90 valence electrons. The van der Waals surface area contributed by atoms with Gasteiger partial charge in [0.05, 0.1) is 10.2 Å². The molecule has 0 bridgehead atoms. The summed E-state index contributed by atoms with van der Waals surface area (Å²) >= 11 is 4.66. The van der Waals surface area contributed by atoms with E-state index in [1.165, 1.54) is 17.4 Å². The van der Waals surface area contributed by atoms with Gasteiger partial charge in [-0.05, 0) is 28.9 Å². The molecule has 17 heavy (non-hydrogen) atoms. The maximum absolute atomic E-state index is 9.60. The number of hydrogen-bond donors (Lipinski definition) is 4. The van der Waals surface area contributed by atoms with Crippen molar-refractivity contribution in [2.24, 2.45) is 0 Å². The van der Waals surface area contributed by atoms with Crippen LogP contribution in [0.4, 0.5) is 10.8 Å². The predicted octanol–water partition coefficient (Wildman–Crippen LogP) is 3.06. The molecule has 0 aliphatic carbocycles. The lowest BCUT2D eigenvalue weighted by Gasteiger charge is -2.09. The molecular weight excluding hydrogens is 306 g/mol. The van der Waals surface area contributed by atoms with Crippen molar-refractivity contribution in [3.05, 3.63) is 27.7 Å². The molecule has 1 aromatic heterocycles. The van der Waals surface area contributed by atoms with E-state index in [1.54, 1.807) is 12.3 Å². The third-order valence-corrected chi connectivity index (χ3v) is 3.45. The van der Waals surface area contributed by atoms with E-state index < -0.39 is 0 Å². The molecule has 0 saturated heterocycles. The Kier molecular flexibility index (Phi) is 3.39. The van der Waals surface area contributed by atoms with E-state index in [2.05, 4.69) is 31.8 Å². The van der Waals surface area contributed by atoms with Crippen LogP contribution in [0, 0.1) is 6.92 Å². The van der Waals surface area contributed by atoms with E-state index in [-0.39, 0.29) is 11.5 Å². The zero-order valence-corrected chi connectivity index (χ0v) is 11.3. The number of hydrazine groups is 1. The Morgan fingerprint density at radius 2 is 2.00 bits per heavy atom. The van der Waals surface area contributed by atoms with Crippen LogP contribution in [-0.2, 0) is 0 Å². The molecule has 0 amide bonds. The standard InChI is InChI=1S/C10H10BrN3O2S/c1-5-4-12-10(17-5)14-13-7-2-6(11)8(15)3-9(7)16/h2-4,13,15-16H,1H3,(H,12,14). The van der Waals surface area contributed by atoms with E-state index in [4.69, 9.17) is 0 Å². The van der Waals surface area contributed by atoms with Gasteiger partial charge in [0.1, 0.15) is 11.5 Å². The average molecular weight is 316 g/mol. The van der Waals surface area contributed by atoms with Crippen LogP contribution < -0.4 is 10.9 Å². The van der Waals surface area contributed by atoms with Gasteiger partial charge in [-0.2, -0.15) is 0 Å². The number of anilines is 2. The van der Waals surface area contributed by atoms with Crippen molar-refractivity contribution in [3.8, 4) is 11.5 Å². The van der Waals surface area contributed by atoms with Crippen molar-refractivity contribution < 1.29 is 10.2 Å². The zero-order valence-electron chi connectivity index (χ0n) is 8.86. The first kappa shape index (κ1) is 12.0. The number of nitrogens with zero attached hydrogens (tertiary/aromatic N) is 1. The first-order chi connectivity index (χ1) is 8.06. The maximum Gasteiger partial charge on any atom is 0.201 e. The fraction of sp³-hybridized carbons (Fsp3) is 0.100. The molecular formula is C10H10BrN3O2S. The molecule has 5 nitrogen and oxygen atoms in total. The second kappa shape index (κ2) is 4.80. The van der Waals surface area contributed by atoms with Gasteiger partial charge in [0, 0.05) is 17.1 Å². The van der Waals surface area contributed by atoms with Crippen LogP contribution >= 0.6 is 27.3 Å². The topological polar surface area (TPSA) is 77.4 Å². The Bertz CT molecular complexity index is 544. The number of hydrogen-bond acceptors (Lipinski definition) is 6. The summed E-state index contributed by atoms with van der Waals surface area (Å²) in [5, 5.41) is 19.6. The highest BCUT2D eigenvalue weighted by atomic mass is 79.9. The lowest BCUT2D eigenvalue weighted by Crippen LogP contribution is -2.08. The Hall–Kier alpha value is -1.47. The summed E-state index contributed by atoms with van der Waals surface area (Å²) in [6.07, 6.45) is 1.75. The molecule has 2 aromatic rings. The molecule has 0 saturated carbocycles. The number of halogens is 1. The van der Waals surface area contributed by atoms with Crippen molar-refractivity contribution in [1.82, 2.24) is 4.98 Å².